The molecule has 0 spiro atoms. The summed E-state index contributed by atoms with van der Waals surface area (Å²) in [6.07, 6.45) is 1.15. The number of hydrogen-bond acceptors (Lipinski definition) is 4. The molecule has 22 heavy (non-hydrogen) atoms. The van der Waals surface area contributed by atoms with E-state index in [9.17, 15) is 14.4 Å². The molecule has 0 bridgehead atoms. The largest absolute Gasteiger partial charge is 0.451 e. The van der Waals surface area contributed by atoms with Crippen LogP contribution in [0.2, 0.25) is 0 Å². The predicted molar refractivity (Wildman–Crippen MR) is 80.1 cm³/mol. The molecule has 6 nitrogen and oxygen atoms in total. The van der Waals surface area contributed by atoms with Crippen molar-refractivity contribution in [2.45, 2.75) is 25.9 Å². The van der Waals surface area contributed by atoms with Gasteiger partial charge in [-0.15, -0.1) is 0 Å². The molecule has 1 fully saturated rings. The first-order valence-corrected chi connectivity index (χ1v) is 7.39. The quantitative estimate of drug-likeness (QED) is 0.823. The molecule has 1 N–H and O–H groups in total. The first-order chi connectivity index (χ1) is 10.6. The van der Waals surface area contributed by atoms with E-state index in [0.717, 1.165) is 12.8 Å². The summed E-state index contributed by atoms with van der Waals surface area (Å²) in [4.78, 5) is 37.2. The van der Waals surface area contributed by atoms with Crippen molar-refractivity contribution < 1.29 is 19.1 Å². The Labute approximate surface area is 129 Å². The van der Waals surface area contributed by atoms with Gasteiger partial charge in [-0.2, -0.15) is 0 Å². The summed E-state index contributed by atoms with van der Waals surface area (Å²) in [7, 11) is 0. The zero-order chi connectivity index (χ0) is 15.9. The molecule has 1 aliphatic heterocycles. The summed E-state index contributed by atoms with van der Waals surface area (Å²) in [5.41, 5.74) is 0.469. The zero-order valence-corrected chi connectivity index (χ0v) is 12.6. The molecular weight excluding hydrogens is 284 g/mol. The van der Waals surface area contributed by atoms with Crippen LogP contribution in [-0.2, 0) is 14.3 Å². The first kappa shape index (κ1) is 16.0. The minimum absolute atomic E-state index is 0.180. The van der Waals surface area contributed by atoms with Gasteiger partial charge < -0.3 is 15.0 Å². The van der Waals surface area contributed by atoms with E-state index >= 15 is 0 Å². The molecule has 118 valence electrons. The second kappa shape index (κ2) is 7.59. The summed E-state index contributed by atoms with van der Waals surface area (Å²) < 4.78 is 5.07. The number of esters is 1. The van der Waals surface area contributed by atoms with Crippen LogP contribution in [0.3, 0.4) is 0 Å². The number of likely N-dealkylation sites (tertiary alicyclic amines) is 1. The molecule has 1 aromatic rings. The van der Waals surface area contributed by atoms with Gasteiger partial charge in [-0.05, 0) is 31.9 Å². The van der Waals surface area contributed by atoms with Gasteiger partial charge in [0.05, 0.1) is 0 Å². The summed E-state index contributed by atoms with van der Waals surface area (Å²) in [6.45, 7) is 2.72. The van der Waals surface area contributed by atoms with E-state index in [2.05, 4.69) is 5.32 Å². The van der Waals surface area contributed by atoms with E-state index in [1.807, 2.05) is 0 Å². The number of rotatable bonds is 5. The highest BCUT2D eigenvalue weighted by Gasteiger charge is 2.25. The number of carbonyl (C=O) groups excluding carboxylic acids is 3. The molecule has 1 saturated heterocycles. The highest BCUT2D eigenvalue weighted by Crippen LogP contribution is 2.10. The number of amides is 2. The lowest BCUT2D eigenvalue weighted by Crippen LogP contribution is -2.40. The summed E-state index contributed by atoms with van der Waals surface area (Å²) in [5, 5.41) is 2.47. The number of ether oxygens (including phenoxy) is 1. The molecule has 0 aliphatic carbocycles. The van der Waals surface area contributed by atoms with Crippen LogP contribution in [0, 0.1) is 0 Å². The predicted octanol–water partition coefficient (Wildman–Crippen LogP) is 0.970. The summed E-state index contributed by atoms with van der Waals surface area (Å²) >= 11 is 0. The maximum absolute atomic E-state index is 12.0. The maximum Gasteiger partial charge on any atom is 0.326 e. The molecule has 1 heterocycles. The topological polar surface area (TPSA) is 75.7 Å². The van der Waals surface area contributed by atoms with Gasteiger partial charge >= 0.3 is 5.97 Å². The van der Waals surface area contributed by atoms with Gasteiger partial charge in [0, 0.05) is 18.7 Å². The molecule has 2 rings (SSSR count). The van der Waals surface area contributed by atoms with E-state index in [1.165, 1.54) is 0 Å². The Bertz CT molecular complexity index is 538. The molecule has 0 radical (unpaired) electrons. The van der Waals surface area contributed by atoms with Crippen molar-refractivity contribution in [1.82, 2.24) is 10.2 Å². The molecule has 0 saturated carbocycles. The second-order valence-corrected chi connectivity index (χ2v) is 5.21. The molecular formula is C16H20N2O4. The van der Waals surface area contributed by atoms with Crippen molar-refractivity contribution in [2.24, 2.45) is 0 Å². The van der Waals surface area contributed by atoms with Gasteiger partial charge in [0.25, 0.3) is 11.8 Å². The Kier molecular flexibility index (Phi) is 5.52. The molecule has 1 aliphatic rings. The van der Waals surface area contributed by atoms with Crippen LogP contribution in [0.25, 0.3) is 0 Å². The van der Waals surface area contributed by atoms with E-state index < -0.39 is 12.1 Å². The van der Waals surface area contributed by atoms with Crippen LogP contribution in [0.1, 0.15) is 30.1 Å². The Balaban J connectivity index is 1.75. The van der Waals surface area contributed by atoms with Crippen molar-refractivity contribution >= 4 is 17.8 Å². The molecule has 0 aromatic heterocycles. The molecule has 6 heteroatoms. The molecule has 0 unspecified atom stereocenters. The highest BCUT2D eigenvalue weighted by molar-refractivity contribution is 5.96. The maximum atomic E-state index is 12.0. The fraction of sp³-hybridized carbons (Fsp3) is 0.438. The lowest BCUT2D eigenvalue weighted by Gasteiger charge is -2.20. The zero-order valence-electron chi connectivity index (χ0n) is 12.6. The first-order valence-electron chi connectivity index (χ1n) is 7.39. The summed E-state index contributed by atoms with van der Waals surface area (Å²) in [5.74, 6) is -1.15. The highest BCUT2D eigenvalue weighted by atomic mass is 16.5. The number of nitrogens with zero attached hydrogens (tertiary/aromatic N) is 1. The fourth-order valence-electron chi connectivity index (χ4n) is 2.33. The molecule has 1 atom stereocenters. The standard InChI is InChI=1S/C16H20N2O4/c1-12(16(21)18-9-5-6-10-18)22-14(19)11-17-15(20)13-7-3-2-4-8-13/h2-4,7-8,12H,5-6,9-11H2,1H3,(H,17,20)/t12-/m1/s1. The van der Waals surface area contributed by atoms with Gasteiger partial charge in [0.15, 0.2) is 6.10 Å². The van der Waals surface area contributed by atoms with Crippen LogP contribution in [0.15, 0.2) is 30.3 Å². The van der Waals surface area contributed by atoms with Crippen LogP contribution < -0.4 is 5.32 Å². The van der Waals surface area contributed by atoms with Crippen molar-refractivity contribution in [1.29, 1.82) is 0 Å². The third-order valence-corrected chi connectivity index (χ3v) is 3.50. The van der Waals surface area contributed by atoms with Crippen LogP contribution in [0.5, 0.6) is 0 Å². The number of hydrogen-bond donors (Lipinski definition) is 1. The van der Waals surface area contributed by atoms with Crippen LogP contribution in [-0.4, -0.2) is 48.4 Å². The van der Waals surface area contributed by atoms with Crippen LogP contribution in [0.4, 0.5) is 0 Å². The second-order valence-electron chi connectivity index (χ2n) is 5.21. The van der Waals surface area contributed by atoms with Gasteiger partial charge in [0.1, 0.15) is 6.54 Å². The Morgan fingerprint density at radius 1 is 1.18 bits per heavy atom. The number of benzene rings is 1. The average molecular weight is 304 g/mol. The van der Waals surface area contributed by atoms with Crippen LogP contribution >= 0.6 is 0 Å². The van der Waals surface area contributed by atoms with Crippen molar-refractivity contribution in [2.75, 3.05) is 19.6 Å². The van der Waals surface area contributed by atoms with Gasteiger partial charge in [-0.25, -0.2) is 0 Å². The molecule has 2 amide bonds. The van der Waals surface area contributed by atoms with E-state index in [0.29, 0.717) is 18.7 Å². The Morgan fingerprint density at radius 2 is 1.82 bits per heavy atom. The summed E-state index contributed by atoms with van der Waals surface area (Å²) in [6, 6.07) is 8.59. The van der Waals surface area contributed by atoms with Crippen molar-refractivity contribution in [3.8, 4) is 0 Å². The van der Waals surface area contributed by atoms with Crippen molar-refractivity contribution in [3.05, 3.63) is 35.9 Å². The third-order valence-electron chi connectivity index (χ3n) is 3.50. The van der Waals surface area contributed by atoms with Crippen molar-refractivity contribution in [3.63, 3.8) is 0 Å². The Morgan fingerprint density at radius 3 is 2.45 bits per heavy atom. The lowest BCUT2D eigenvalue weighted by atomic mass is 10.2. The lowest BCUT2D eigenvalue weighted by molar-refractivity contribution is -0.157. The third kappa shape index (κ3) is 4.31. The van der Waals surface area contributed by atoms with Gasteiger partial charge in [-0.3, -0.25) is 14.4 Å². The molecule has 1 aromatic carbocycles. The minimum atomic E-state index is -0.820. The Hall–Kier alpha value is -2.37. The number of nitrogens with one attached hydrogen (secondary N) is 1. The SMILES string of the molecule is C[C@@H](OC(=O)CNC(=O)c1ccccc1)C(=O)N1CCCC1. The van der Waals surface area contributed by atoms with E-state index in [-0.39, 0.29) is 18.4 Å². The van der Waals surface area contributed by atoms with E-state index in [1.54, 1.807) is 42.2 Å². The van der Waals surface area contributed by atoms with E-state index in [4.69, 9.17) is 4.74 Å². The fourth-order valence-corrected chi connectivity index (χ4v) is 2.33. The number of carbonyl (C=O) groups is 3. The average Bonchev–Trinajstić information content (AvgIpc) is 3.07. The smallest absolute Gasteiger partial charge is 0.326 e. The normalized spacial score (nSPS) is 15.2. The van der Waals surface area contributed by atoms with Gasteiger partial charge in [0.2, 0.25) is 0 Å². The van der Waals surface area contributed by atoms with Gasteiger partial charge in [-0.1, -0.05) is 18.2 Å². The monoisotopic (exact) mass is 304 g/mol. The minimum Gasteiger partial charge on any atom is -0.451 e.